The highest BCUT2D eigenvalue weighted by atomic mass is 32.2. The third-order valence-corrected chi connectivity index (χ3v) is 6.98. The normalized spacial score (nSPS) is 11.6. The van der Waals surface area contributed by atoms with E-state index >= 15 is 0 Å². The maximum atomic E-state index is 13.7. The fraction of sp³-hybridized carbons (Fsp3) is 0.0833. The zero-order valence-electron chi connectivity index (χ0n) is 17.8. The first-order valence-electron chi connectivity index (χ1n) is 9.96. The van der Waals surface area contributed by atoms with Gasteiger partial charge in [-0.1, -0.05) is 18.2 Å². The predicted octanol–water partition coefficient (Wildman–Crippen LogP) is 4.61. The van der Waals surface area contributed by atoms with Crippen molar-refractivity contribution < 1.29 is 22.3 Å². The number of oxazole rings is 1. The van der Waals surface area contributed by atoms with E-state index in [1.807, 2.05) is 18.2 Å². The van der Waals surface area contributed by atoms with Crippen LogP contribution < -0.4 is 9.47 Å². The van der Waals surface area contributed by atoms with Crippen LogP contribution in [0, 0.1) is 0 Å². The zero-order chi connectivity index (χ0) is 23.0. The number of hydrogen-bond acceptors (Lipinski definition) is 7. The van der Waals surface area contributed by atoms with E-state index in [0.29, 0.717) is 39.4 Å². The summed E-state index contributed by atoms with van der Waals surface area (Å²) in [6, 6.07) is 15.6. The average Bonchev–Trinajstić information content (AvgIpc) is 3.52. The first-order valence-corrected chi connectivity index (χ1v) is 11.4. The van der Waals surface area contributed by atoms with Crippen LogP contribution in [-0.2, 0) is 10.0 Å². The Kier molecular flexibility index (Phi) is 5.10. The Morgan fingerprint density at radius 1 is 0.939 bits per heavy atom. The van der Waals surface area contributed by atoms with E-state index in [1.165, 1.54) is 16.6 Å². The fourth-order valence-electron chi connectivity index (χ4n) is 3.73. The number of ether oxygens (including phenoxy) is 2. The Morgan fingerprint density at radius 2 is 1.79 bits per heavy atom. The third-order valence-electron chi connectivity index (χ3n) is 5.33. The van der Waals surface area contributed by atoms with Gasteiger partial charge in [0, 0.05) is 28.9 Å². The standard InChI is InChI=1S/C24H19N3O5S/c1-30-21-9-8-16(12-22(21)31-2)20-14-27(24-19(20)7-4-10-26-24)33(28,29)18-6-3-5-17(11-18)23-13-25-15-32-23/h3-15H,1-2H3. The van der Waals surface area contributed by atoms with E-state index in [0.717, 1.165) is 5.56 Å². The summed E-state index contributed by atoms with van der Waals surface area (Å²) in [7, 11) is -0.842. The van der Waals surface area contributed by atoms with Crippen LogP contribution in [0.3, 0.4) is 0 Å². The van der Waals surface area contributed by atoms with Crippen molar-refractivity contribution in [2.45, 2.75) is 4.90 Å². The van der Waals surface area contributed by atoms with Gasteiger partial charge in [-0.3, -0.25) is 0 Å². The molecular formula is C24H19N3O5S. The lowest BCUT2D eigenvalue weighted by Gasteiger charge is -2.09. The Morgan fingerprint density at radius 3 is 2.55 bits per heavy atom. The van der Waals surface area contributed by atoms with Crippen molar-refractivity contribution >= 4 is 21.1 Å². The number of aromatic nitrogens is 3. The molecule has 3 aromatic heterocycles. The van der Waals surface area contributed by atoms with Gasteiger partial charge in [0.2, 0.25) is 0 Å². The molecule has 0 fully saturated rings. The number of fused-ring (bicyclic) bond motifs is 1. The molecule has 0 spiro atoms. The Hall–Kier alpha value is -4.11. The van der Waals surface area contributed by atoms with Crippen molar-refractivity contribution in [1.29, 1.82) is 0 Å². The summed E-state index contributed by atoms with van der Waals surface area (Å²) in [6.07, 6.45) is 5.98. The molecule has 9 heteroatoms. The molecule has 0 unspecified atom stereocenters. The smallest absolute Gasteiger partial charge is 0.269 e. The van der Waals surface area contributed by atoms with Crippen LogP contribution in [0.4, 0.5) is 0 Å². The Labute approximate surface area is 190 Å². The van der Waals surface area contributed by atoms with Gasteiger partial charge in [0.25, 0.3) is 10.0 Å². The van der Waals surface area contributed by atoms with Gasteiger partial charge in [0.05, 0.1) is 25.3 Å². The lowest BCUT2D eigenvalue weighted by atomic mass is 10.1. The highest BCUT2D eigenvalue weighted by Crippen LogP contribution is 2.37. The van der Waals surface area contributed by atoms with Crippen molar-refractivity contribution in [1.82, 2.24) is 13.9 Å². The second kappa shape index (κ2) is 8.10. The van der Waals surface area contributed by atoms with Crippen LogP contribution in [0.25, 0.3) is 33.5 Å². The molecule has 3 heterocycles. The molecule has 0 aliphatic heterocycles. The highest BCUT2D eigenvalue weighted by Gasteiger charge is 2.24. The van der Waals surface area contributed by atoms with Gasteiger partial charge in [-0.25, -0.2) is 22.4 Å². The van der Waals surface area contributed by atoms with Gasteiger partial charge in [-0.2, -0.15) is 0 Å². The third kappa shape index (κ3) is 3.52. The molecule has 0 saturated heterocycles. The minimum absolute atomic E-state index is 0.109. The zero-order valence-corrected chi connectivity index (χ0v) is 18.6. The van der Waals surface area contributed by atoms with Crippen molar-refractivity contribution in [2.24, 2.45) is 0 Å². The van der Waals surface area contributed by atoms with Crippen molar-refractivity contribution in [3.8, 4) is 33.9 Å². The summed E-state index contributed by atoms with van der Waals surface area (Å²) in [5.41, 5.74) is 2.41. The molecule has 0 N–H and O–H groups in total. The van der Waals surface area contributed by atoms with Gasteiger partial charge in [0.15, 0.2) is 29.3 Å². The summed E-state index contributed by atoms with van der Waals surface area (Å²) in [6.45, 7) is 0. The quantitative estimate of drug-likeness (QED) is 0.364. The van der Waals surface area contributed by atoms with Crippen LogP contribution in [0.5, 0.6) is 11.5 Å². The molecule has 5 rings (SSSR count). The lowest BCUT2D eigenvalue weighted by Crippen LogP contribution is -2.12. The van der Waals surface area contributed by atoms with E-state index in [2.05, 4.69) is 9.97 Å². The SMILES string of the molecule is COc1ccc(-c2cn(S(=O)(=O)c3cccc(-c4cnco4)c3)c3ncccc23)cc1OC. The molecule has 0 radical (unpaired) electrons. The van der Waals surface area contributed by atoms with E-state index < -0.39 is 10.0 Å². The Balaban J connectivity index is 1.68. The molecule has 2 aromatic carbocycles. The Bertz CT molecular complexity index is 1560. The average molecular weight is 461 g/mol. The van der Waals surface area contributed by atoms with Crippen LogP contribution >= 0.6 is 0 Å². The van der Waals surface area contributed by atoms with E-state index in [1.54, 1.807) is 63.0 Å². The number of pyridine rings is 1. The molecule has 166 valence electrons. The first kappa shape index (κ1) is 20.8. The second-order valence-corrected chi connectivity index (χ2v) is 9.00. The van der Waals surface area contributed by atoms with Gasteiger partial charge >= 0.3 is 0 Å². The highest BCUT2D eigenvalue weighted by molar-refractivity contribution is 7.90. The van der Waals surface area contributed by atoms with Crippen LogP contribution in [0.1, 0.15) is 0 Å². The predicted molar refractivity (Wildman–Crippen MR) is 123 cm³/mol. The molecule has 5 aromatic rings. The summed E-state index contributed by atoms with van der Waals surface area (Å²) in [5.74, 6) is 1.61. The largest absolute Gasteiger partial charge is 0.493 e. The lowest BCUT2D eigenvalue weighted by molar-refractivity contribution is 0.355. The summed E-state index contributed by atoms with van der Waals surface area (Å²) in [5, 5.41) is 0.694. The number of benzene rings is 2. The van der Waals surface area contributed by atoms with Crippen molar-refractivity contribution in [2.75, 3.05) is 14.2 Å². The second-order valence-electron chi connectivity index (χ2n) is 7.18. The summed E-state index contributed by atoms with van der Waals surface area (Å²) < 4.78 is 44.6. The molecule has 0 amide bonds. The molecule has 0 aliphatic carbocycles. The van der Waals surface area contributed by atoms with E-state index in [9.17, 15) is 8.42 Å². The van der Waals surface area contributed by atoms with Crippen molar-refractivity contribution in [3.05, 3.63) is 79.6 Å². The minimum Gasteiger partial charge on any atom is -0.493 e. The van der Waals surface area contributed by atoms with E-state index in [4.69, 9.17) is 13.9 Å². The van der Waals surface area contributed by atoms with Crippen molar-refractivity contribution in [3.63, 3.8) is 0 Å². The molecule has 0 atom stereocenters. The number of nitrogens with zero attached hydrogens (tertiary/aromatic N) is 3. The van der Waals surface area contributed by atoms with Crippen LogP contribution in [-0.4, -0.2) is 36.6 Å². The van der Waals surface area contributed by atoms with Gasteiger partial charge in [0.1, 0.15) is 0 Å². The van der Waals surface area contributed by atoms with Gasteiger partial charge in [-0.05, 0) is 42.0 Å². The fourth-order valence-corrected chi connectivity index (χ4v) is 5.10. The molecule has 0 saturated carbocycles. The molecule has 8 nitrogen and oxygen atoms in total. The molecule has 0 aliphatic rings. The van der Waals surface area contributed by atoms with Gasteiger partial charge < -0.3 is 13.9 Å². The number of hydrogen-bond donors (Lipinski definition) is 0. The summed E-state index contributed by atoms with van der Waals surface area (Å²) in [4.78, 5) is 8.38. The monoisotopic (exact) mass is 461 g/mol. The van der Waals surface area contributed by atoms with Crippen LogP contribution in [0.15, 0.2) is 88.9 Å². The van der Waals surface area contributed by atoms with Crippen LogP contribution in [0.2, 0.25) is 0 Å². The van der Waals surface area contributed by atoms with E-state index in [-0.39, 0.29) is 4.90 Å². The topological polar surface area (TPSA) is 96.5 Å². The number of methoxy groups -OCH3 is 2. The summed E-state index contributed by atoms with van der Waals surface area (Å²) >= 11 is 0. The van der Waals surface area contributed by atoms with Gasteiger partial charge in [-0.15, -0.1) is 0 Å². The first-order chi connectivity index (χ1) is 16.0. The maximum Gasteiger partial charge on any atom is 0.269 e. The molecule has 33 heavy (non-hydrogen) atoms. The molecule has 0 bridgehead atoms. The molecular weight excluding hydrogens is 442 g/mol. The minimum atomic E-state index is -3.96. The maximum absolute atomic E-state index is 13.7. The number of rotatable bonds is 6.